The van der Waals surface area contributed by atoms with Crippen molar-refractivity contribution in [2.45, 2.75) is 166 Å². The number of carbonyl (C=O) groups excluding carboxylic acids is 3. The van der Waals surface area contributed by atoms with E-state index in [0.717, 1.165) is 116 Å². The van der Waals surface area contributed by atoms with E-state index >= 15 is 0 Å². The van der Waals surface area contributed by atoms with Crippen molar-refractivity contribution in [3.05, 3.63) is 0 Å². The second kappa shape index (κ2) is 15.6. The fourth-order valence-electron chi connectivity index (χ4n) is 6.05. The van der Waals surface area contributed by atoms with E-state index in [2.05, 4.69) is 0 Å². The van der Waals surface area contributed by atoms with Gasteiger partial charge in [0.1, 0.15) is 18.3 Å². The van der Waals surface area contributed by atoms with Crippen LogP contribution in [0.4, 0.5) is 0 Å². The summed E-state index contributed by atoms with van der Waals surface area (Å²) >= 11 is 0. The average molecular weight is 507 g/mol. The summed E-state index contributed by atoms with van der Waals surface area (Å²) in [4.78, 5) is 41.3. The van der Waals surface area contributed by atoms with Crippen LogP contribution >= 0.6 is 0 Å². The topological polar surface area (TPSA) is 78.9 Å². The zero-order chi connectivity index (χ0) is 25.6. The molecule has 0 spiro atoms. The Bertz CT molecular complexity index is 577. The molecule has 0 aromatic carbocycles. The minimum Gasteiger partial charge on any atom is -0.461 e. The lowest BCUT2D eigenvalue weighted by Gasteiger charge is -2.32. The zero-order valence-corrected chi connectivity index (χ0v) is 22.7. The second-order valence-corrected chi connectivity index (χ2v) is 11.4. The molecule has 0 amide bonds. The molecule has 3 aliphatic carbocycles. The fraction of sp³-hybridized carbons (Fsp3) is 0.900. The maximum atomic E-state index is 13.8. The van der Waals surface area contributed by atoms with Gasteiger partial charge >= 0.3 is 17.9 Å². The molecule has 3 aliphatic rings. The van der Waals surface area contributed by atoms with Gasteiger partial charge < -0.3 is 14.2 Å². The highest BCUT2D eigenvalue weighted by molar-refractivity contribution is 6.18. The van der Waals surface area contributed by atoms with Crippen molar-refractivity contribution in [1.82, 2.24) is 0 Å². The number of esters is 3. The van der Waals surface area contributed by atoms with E-state index in [1.165, 1.54) is 19.3 Å². The number of hydrogen-bond donors (Lipinski definition) is 0. The first-order chi connectivity index (χ1) is 17.6. The number of ether oxygens (including phenoxy) is 3. The first-order valence-corrected chi connectivity index (χ1v) is 15.2. The molecule has 0 atom stereocenters. The first kappa shape index (κ1) is 29.0. The Labute approximate surface area is 218 Å². The number of carbonyl (C=O) groups is 3. The molecule has 6 heteroatoms. The molecule has 0 bridgehead atoms. The number of hydrogen-bond acceptors (Lipinski definition) is 6. The molecule has 0 saturated heterocycles. The molecule has 3 fully saturated rings. The lowest BCUT2D eigenvalue weighted by atomic mass is 9.84. The summed E-state index contributed by atoms with van der Waals surface area (Å²) in [5.74, 6) is -2.29. The van der Waals surface area contributed by atoms with Crippen molar-refractivity contribution < 1.29 is 28.6 Å². The van der Waals surface area contributed by atoms with Gasteiger partial charge in [-0.1, -0.05) is 64.7 Å². The van der Waals surface area contributed by atoms with Crippen LogP contribution in [0.25, 0.3) is 0 Å². The van der Waals surface area contributed by atoms with Gasteiger partial charge in [0.05, 0.1) is 0 Å². The largest absolute Gasteiger partial charge is 0.461 e. The summed E-state index contributed by atoms with van der Waals surface area (Å²) in [6.07, 6.45) is 20.3. The first-order valence-electron chi connectivity index (χ1n) is 15.2. The van der Waals surface area contributed by atoms with Gasteiger partial charge in [-0.05, 0) is 83.5 Å². The van der Waals surface area contributed by atoms with Crippen LogP contribution in [-0.4, -0.2) is 36.2 Å². The van der Waals surface area contributed by atoms with Gasteiger partial charge in [0.15, 0.2) is 0 Å². The van der Waals surface area contributed by atoms with E-state index in [1.54, 1.807) is 6.92 Å². The van der Waals surface area contributed by atoms with Crippen LogP contribution in [0.15, 0.2) is 0 Å². The van der Waals surface area contributed by atoms with Gasteiger partial charge in [-0.25, -0.2) is 0 Å². The van der Waals surface area contributed by atoms with E-state index < -0.39 is 23.3 Å². The van der Waals surface area contributed by atoms with Crippen molar-refractivity contribution in [1.29, 1.82) is 0 Å². The van der Waals surface area contributed by atoms with Crippen molar-refractivity contribution in [3.63, 3.8) is 0 Å². The lowest BCUT2D eigenvalue weighted by molar-refractivity contribution is -0.192. The Morgan fingerprint density at radius 3 is 0.917 bits per heavy atom. The van der Waals surface area contributed by atoms with Crippen molar-refractivity contribution in [2.75, 3.05) is 0 Å². The molecule has 0 radical (unpaired) electrons. The number of rotatable bonds is 7. The summed E-state index contributed by atoms with van der Waals surface area (Å²) < 4.78 is 17.9. The minimum absolute atomic E-state index is 0.00431. The molecular weight excluding hydrogens is 456 g/mol. The molecule has 206 valence electrons. The van der Waals surface area contributed by atoms with Gasteiger partial charge in [0.2, 0.25) is 0 Å². The Kier molecular flexibility index (Phi) is 12.6. The highest BCUT2D eigenvalue weighted by atomic mass is 16.6. The Morgan fingerprint density at radius 2 is 0.694 bits per heavy atom. The minimum atomic E-state index is -2.03. The third-order valence-electron chi connectivity index (χ3n) is 8.55. The highest BCUT2D eigenvalue weighted by Crippen LogP contribution is 2.34. The van der Waals surface area contributed by atoms with Crippen molar-refractivity contribution >= 4 is 17.9 Å². The maximum absolute atomic E-state index is 13.8. The molecule has 6 nitrogen and oxygen atoms in total. The van der Waals surface area contributed by atoms with E-state index in [9.17, 15) is 14.4 Å². The Hall–Kier alpha value is -1.59. The van der Waals surface area contributed by atoms with E-state index in [-0.39, 0.29) is 24.7 Å². The highest BCUT2D eigenvalue weighted by Gasteiger charge is 2.57. The quantitative estimate of drug-likeness (QED) is 0.204. The molecule has 0 aromatic rings. The molecule has 3 saturated carbocycles. The van der Waals surface area contributed by atoms with Crippen molar-refractivity contribution in [3.8, 4) is 0 Å². The van der Waals surface area contributed by atoms with Gasteiger partial charge in [0.25, 0.3) is 5.41 Å². The molecule has 3 rings (SSSR count). The van der Waals surface area contributed by atoms with E-state index in [0.29, 0.717) is 0 Å². The second-order valence-electron chi connectivity index (χ2n) is 11.4. The molecular formula is C30H50O6. The smallest absolute Gasteiger partial charge is 0.335 e. The van der Waals surface area contributed by atoms with Crippen LogP contribution in [0.1, 0.15) is 148 Å². The summed E-state index contributed by atoms with van der Waals surface area (Å²) in [6, 6.07) is 0. The average Bonchev–Trinajstić information content (AvgIpc) is 2.80. The maximum Gasteiger partial charge on any atom is 0.335 e. The molecule has 0 heterocycles. The molecule has 0 unspecified atom stereocenters. The van der Waals surface area contributed by atoms with Crippen LogP contribution in [0, 0.1) is 5.41 Å². The Balaban J connectivity index is 1.78. The standard InChI is InChI=1S/C30H50O6/c1-2-30(27(31)34-24-18-12-6-3-7-13-19-24,28(32)35-25-20-14-8-4-9-15-21-25)29(33)36-26-22-16-10-5-11-17-23-26/h24-26H,2-23H2,1H3. The predicted molar refractivity (Wildman–Crippen MR) is 139 cm³/mol. The molecule has 36 heavy (non-hydrogen) atoms. The lowest BCUT2D eigenvalue weighted by Crippen LogP contribution is -2.51. The zero-order valence-electron chi connectivity index (χ0n) is 22.7. The van der Waals surface area contributed by atoms with Crippen LogP contribution in [-0.2, 0) is 28.6 Å². The summed E-state index contributed by atoms with van der Waals surface area (Å²) in [6.45, 7) is 1.71. The van der Waals surface area contributed by atoms with Crippen LogP contribution in [0.2, 0.25) is 0 Å². The van der Waals surface area contributed by atoms with Crippen LogP contribution in [0.3, 0.4) is 0 Å². The third kappa shape index (κ3) is 8.48. The van der Waals surface area contributed by atoms with Crippen molar-refractivity contribution in [2.24, 2.45) is 5.41 Å². The summed E-state index contributed by atoms with van der Waals surface area (Å²) in [7, 11) is 0. The normalized spacial score (nSPS) is 22.6. The van der Waals surface area contributed by atoms with E-state index in [1.807, 2.05) is 0 Å². The van der Waals surface area contributed by atoms with Gasteiger partial charge in [-0.3, -0.25) is 14.4 Å². The molecule has 0 aromatic heterocycles. The van der Waals surface area contributed by atoms with Gasteiger partial charge in [0, 0.05) is 0 Å². The summed E-state index contributed by atoms with van der Waals surface area (Å²) in [5.41, 5.74) is -2.03. The Morgan fingerprint density at radius 1 is 0.472 bits per heavy atom. The van der Waals surface area contributed by atoms with Gasteiger partial charge in [-0.15, -0.1) is 0 Å². The van der Waals surface area contributed by atoms with E-state index in [4.69, 9.17) is 14.2 Å². The van der Waals surface area contributed by atoms with Crippen LogP contribution in [0.5, 0.6) is 0 Å². The monoisotopic (exact) mass is 506 g/mol. The molecule has 0 aliphatic heterocycles. The summed E-state index contributed by atoms with van der Waals surface area (Å²) in [5, 5.41) is 0. The third-order valence-corrected chi connectivity index (χ3v) is 8.55. The predicted octanol–water partition coefficient (Wildman–Crippen LogP) is 7.35. The van der Waals surface area contributed by atoms with Crippen LogP contribution < -0.4 is 0 Å². The molecule has 0 N–H and O–H groups in total. The van der Waals surface area contributed by atoms with Gasteiger partial charge in [-0.2, -0.15) is 0 Å². The SMILES string of the molecule is CCC(C(=O)OC1CCCCCCC1)(C(=O)OC1CCCCCCC1)C(=O)OC1CCCCCCC1. The fourth-order valence-corrected chi connectivity index (χ4v) is 6.05.